The van der Waals surface area contributed by atoms with Crippen LogP contribution in [0.15, 0.2) is 42.5 Å². The zero-order valence-electron chi connectivity index (χ0n) is 20.6. The summed E-state index contributed by atoms with van der Waals surface area (Å²) in [6.07, 6.45) is 0.851. The van der Waals surface area contributed by atoms with Gasteiger partial charge in [0, 0.05) is 18.2 Å². The van der Waals surface area contributed by atoms with E-state index in [2.05, 4.69) is 5.32 Å². The molecule has 0 heterocycles. The van der Waals surface area contributed by atoms with Crippen molar-refractivity contribution in [3.63, 3.8) is 0 Å². The number of nitrogens with one attached hydrogen (secondary N) is 1. The Labute approximate surface area is 204 Å². The summed E-state index contributed by atoms with van der Waals surface area (Å²) in [7, 11) is -2.56. The minimum Gasteiger partial charge on any atom is -0.497 e. The van der Waals surface area contributed by atoms with Crippen LogP contribution in [0.5, 0.6) is 5.75 Å². The number of sulfonamides is 1. The third-order valence-corrected chi connectivity index (χ3v) is 6.16. The number of benzene rings is 2. The number of ether oxygens (including phenoxy) is 1. The molecule has 0 radical (unpaired) electrons. The predicted molar refractivity (Wildman–Crippen MR) is 129 cm³/mol. The third-order valence-electron chi connectivity index (χ3n) is 5.02. The molecule has 0 spiro atoms. The van der Waals surface area contributed by atoms with Gasteiger partial charge in [-0.15, -0.1) is 0 Å². The first-order valence-electron chi connectivity index (χ1n) is 10.8. The van der Waals surface area contributed by atoms with E-state index in [1.807, 2.05) is 0 Å². The van der Waals surface area contributed by atoms with E-state index in [1.54, 1.807) is 45.0 Å². The molecule has 11 heteroatoms. The Morgan fingerprint density at radius 3 is 2.29 bits per heavy atom. The average Bonchev–Trinajstić information content (AvgIpc) is 2.75. The lowest BCUT2D eigenvalue weighted by Gasteiger charge is -2.33. The average molecular weight is 512 g/mol. The SMILES string of the molecule is COc1cccc(CN(C(=O)CN(c2ccc(F)c(F)c2)S(C)(=O)=O)[C@@H](C)C(=O)NC(C)(C)C)c1. The number of amides is 2. The van der Waals surface area contributed by atoms with Gasteiger partial charge in [-0.1, -0.05) is 12.1 Å². The minimum absolute atomic E-state index is 0.0237. The van der Waals surface area contributed by atoms with E-state index in [4.69, 9.17) is 4.74 Å². The second-order valence-electron chi connectivity index (χ2n) is 9.16. The fourth-order valence-corrected chi connectivity index (χ4v) is 4.12. The summed E-state index contributed by atoms with van der Waals surface area (Å²) in [5.41, 5.74) is -0.139. The molecule has 1 N–H and O–H groups in total. The van der Waals surface area contributed by atoms with Gasteiger partial charge in [0.15, 0.2) is 11.6 Å². The van der Waals surface area contributed by atoms with Crippen molar-refractivity contribution >= 4 is 27.5 Å². The van der Waals surface area contributed by atoms with Crippen molar-refractivity contribution in [2.24, 2.45) is 0 Å². The monoisotopic (exact) mass is 511 g/mol. The van der Waals surface area contributed by atoms with Gasteiger partial charge in [-0.25, -0.2) is 17.2 Å². The van der Waals surface area contributed by atoms with Gasteiger partial charge in [0.05, 0.1) is 19.1 Å². The molecule has 192 valence electrons. The molecule has 2 aromatic rings. The van der Waals surface area contributed by atoms with Crippen LogP contribution in [0.1, 0.15) is 33.3 Å². The van der Waals surface area contributed by atoms with Crippen LogP contribution in [0.4, 0.5) is 14.5 Å². The van der Waals surface area contributed by atoms with Crippen molar-refractivity contribution in [2.45, 2.75) is 45.8 Å². The van der Waals surface area contributed by atoms with Gasteiger partial charge < -0.3 is 15.0 Å². The summed E-state index contributed by atoms with van der Waals surface area (Å²) >= 11 is 0. The lowest BCUT2D eigenvalue weighted by atomic mass is 10.1. The molecule has 2 amide bonds. The summed E-state index contributed by atoms with van der Waals surface area (Å²) in [6.45, 7) is 6.16. The van der Waals surface area contributed by atoms with Crippen LogP contribution in [0.2, 0.25) is 0 Å². The molecular formula is C24H31F2N3O5S. The Balaban J connectivity index is 2.44. The molecule has 2 aromatic carbocycles. The quantitative estimate of drug-likeness (QED) is 0.558. The van der Waals surface area contributed by atoms with Crippen LogP contribution in [-0.4, -0.2) is 56.6 Å². The van der Waals surface area contributed by atoms with E-state index >= 15 is 0 Å². The van der Waals surface area contributed by atoms with Crippen LogP contribution in [-0.2, 0) is 26.2 Å². The van der Waals surface area contributed by atoms with Crippen LogP contribution in [0.3, 0.4) is 0 Å². The Morgan fingerprint density at radius 1 is 1.09 bits per heavy atom. The fraction of sp³-hybridized carbons (Fsp3) is 0.417. The highest BCUT2D eigenvalue weighted by molar-refractivity contribution is 7.92. The van der Waals surface area contributed by atoms with E-state index in [9.17, 15) is 26.8 Å². The van der Waals surface area contributed by atoms with Crippen molar-refractivity contribution in [3.8, 4) is 5.75 Å². The van der Waals surface area contributed by atoms with Crippen molar-refractivity contribution in [3.05, 3.63) is 59.7 Å². The highest BCUT2D eigenvalue weighted by atomic mass is 32.2. The van der Waals surface area contributed by atoms with Crippen molar-refractivity contribution < 1.29 is 31.5 Å². The molecule has 0 aliphatic rings. The Hall–Kier alpha value is -3.21. The number of hydrogen-bond donors (Lipinski definition) is 1. The van der Waals surface area contributed by atoms with E-state index in [0.717, 1.165) is 18.4 Å². The van der Waals surface area contributed by atoms with E-state index < -0.39 is 51.6 Å². The van der Waals surface area contributed by atoms with Crippen LogP contribution in [0, 0.1) is 11.6 Å². The molecule has 2 rings (SSSR count). The number of halogens is 2. The van der Waals surface area contributed by atoms with E-state index in [0.29, 0.717) is 21.7 Å². The normalized spacial score (nSPS) is 12.6. The number of carbonyl (C=O) groups excluding carboxylic acids is 2. The van der Waals surface area contributed by atoms with Gasteiger partial charge in [-0.2, -0.15) is 0 Å². The highest BCUT2D eigenvalue weighted by Crippen LogP contribution is 2.22. The molecule has 0 saturated carbocycles. The lowest BCUT2D eigenvalue weighted by Crippen LogP contribution is -2.54. The summed E-state index contributed by atoms with van der Waals surface area (Å²) in [4.78, 5) is 27.6. The molecular weight excluding hydrogens is 480 g/mol. The molecule has 0 unspecified atom stereocenters. The first kappa shape index (κ1) is 28.0. The third kappa shape index (κ3) is 7.91. The predicted octanol–water partition coefficient (Wildman–Crippen LogP) is 3.07. The first-order chi connectivity index (χ1) is 16.1. The van der Waals surface area contributed by atoms with Gasteiger partial charge in [0.2, 0.25) is 21.8 Å². The number of nitrogens with zero attached hydrogens (tertiary/aromatic N) is 2. The number of carbonyl (C=O) groups is 2. The molecule has 0 aliphatic carbocycles. The Kier molecular flexibility index (Phi) is 8.83. The number of hydrogen-bond acceptors (Lipinski definition) is 5. The molecule has 0 bridgehead atoms. The molecule has 0 fully saturated rings. The van der Waals surface area contributed by atoms with Gasteiger partial charge in [0.1, 0.15) is 18.3 Å². The minimum atomic E-state index is -4.06. The Morgan fingerprint density at radius 2 is 1.74 bits per heavy atom. The van der Waals surface area contributed by atoms with Gasteiger partial charge in [0.25, 0.3) is 0 Å². The second-order valence-corrected chi connectivity index (χ2v) is 11.1. The topological polar surface area (TPSA) is 96.0 Å². The van der Waals surface area contributed by atoms with Crippen molar-refractivity contribution in [1.29, 1.82) is 0 Å². The zero-order chi connectivity index (χ0) is 26.6. The maximum Gasteiger partial charge on any atom is 0.244 e. The molecule has 0 aromatic heterocycles. The zero-order valence-corrected chi connectivity index (χ0v) is 21.4. The summed E-state index contributed by atoms with van der Waals surface area (Å²) in [6, 6.07) is 8.45. The molecule has 0 aliphatic heterocycles. The van der Waals surface area contributed by atoms with Crippen molar-refractivity contribution in [2.75, 3.05) is 24.2 Å². The number of rotatable bonds is 9. The number of anilines is 1. The smallest absolute Gasteiger partial charge is 0.244 e. The molecule has 0 saturated heterocycles. The van der Waals surface area contributed by atoms with Crippen molar-refractivity contribution in [1.82, 2.24) is 10.2 Å². The van der Waals surface area contributed by atoms with Crippen LogP contribution < -0.4 is 14.4 Å². The van der Waals surface area contributed by atoms with Gasteiger partial charge in [-0.05, 0) is 57.5 Å². The maximum atomic E-state index is 13.8. The maximum absolute atomic E-state index is 13.8. The van der Waals surface area contributed by atoms with Gasteiger partial charge in [-0.3, -0.25) is 13.9 Å². The standard InChI is InChI=1S/C24H31F2N3O5S/c1-16(23(31)27-24(2,3)4)28(14-17-8-7-9-19(12-17)34-5)22(30)15-29(35(6,32)33)18-10-11-20(25)21(26)13-18/h7-13,16H,14-15H2,1-6H3,(H,27,31)/t16-/m0/s1. The molecule has 35 heavy (non-hydrogen) atoms. The Bertz CT molecular complexity index is 1180. The van der Waals surface area contributed by atoms with Crippen LogP contribution >= 0.6 is 0 Å². The highest BCUT2D eigenvalue weighted by Gasteiger charge is 2.31. The largest absolute Gasteiger partial charge is 0.497 e. The van der Waals surface area contributed by atoms with Crippen LogP contribution in [0.25, 0.3) is 0 Å². The number of methoxy groups -OCH3 is 1. The lowest BCUT2D eigenvalue weighted by molar-refractivity contribution is -0.140. The fourth-order valence-electron chi connectivity index (χ4n) is 3.28. The molecule has 8 nitrogen and oxygen atoms in total. The summed E-state index contributed by atoms with van der Waals surface area (Å²) < 4.78 is 58.0. The summed E-state index contributed by atoms with van der Waals surface area (Å²) in [5.74, 6) is -3.01. The summed E-state index contributed by atoms with van der Waals surface area (Å²) in [5, 5.41) is 2.81. The van der Waals surface area contributed by atoms with E-state index in [-0.39, 0.29) is 12.2 Å². The van der Waals surface area contributed by atoms with Gasteiger partial charge >= 0.3 is 0 Å². The van der Waals surface area contributed by atoms with E-state index in [1.165, 1.54) is 18.9 Å². The first-order valence-corrected chi connectivity index (χ1v) is 12.6. The molecule has 1 atom stereocenters. The second kappa shape index (κ2) is 11.0.